The van der Waals surface area contributed by atoms with Crippen molar-refractivity contribution in [2.24, 2.45) is 5.92 Å². The van der Waals surface area contributed by atoms with Gasteiger partial charge in [-0.2, -0.15) is 10.5 Å². The molecule has 1 aliphatic rings. The molecule has 1 aromatic rings. The molecule has 0 bridgehead atoms. The summed E-state index contributed by atoms with van der Waals surface area (Å²) < 4.78 is 5.21. The van der Waals surface area contributed by atoms with Gasteiger partial charge in [-0.25, -0.2) is 0 Å². The summed E-state index contributed by atoms with van der Waals surface area (Å²) in [6.45, 7) is 2.67. The Labute approximate surface area is 113 Å². The molecule has 0 aliphatic carbocycles. The zero-order chi connectivity index (χ0) is 13.7. The predicted octanol–water partition coefficient (Wildman–Crippen LogP) is 2.30. The number of piperidine rings is 1. The van der Waals surface area contributed by atoms with Gasteiger partial charge in [0.1, 0.15) is 11.8 Å². The van der Waals surface area contributed by atoms with Crippen molar-refractivity contribution in [3.8, 4) is 17.9 Å². The van der Waals surface area contributed by atoms with E-state index in [1.807, 2.05) is 12.1 Å². The molecule has 4 heteroatoms. The fourth-order valence-corrected chi connectivity index (χ4v) is 2.49. The number of ether oxygens (including phenoxy) is 1. The van der Waals surface area contributed by atoms with Gasteiger partial charge in [-0.15, -0.1) is 0 Å². The highest BCUT2D eigenvalue weighted by Crippen LogP contribution is 2.22. The highest BCUT2D eigenvalue weighted by molar-refractivity contribution is 5.45. The molecule has 1 aromatic carbocycles. The number of hydrogen-bond donors (Lipinski definition) is 0. The SMILES string of the molecule is COc1cc(CN2CCCC(C#N)C2)ccc1C#N. The maximum Gasteiger partial charge on any atom is 0.136 e. The summed E-state index contributed by atoms with van der Waals surface area (Å²) in [6.07, 6.45) is 2.08. The Morgan fingerprint density at radius 1 is 1.42 bits per heavy atom. The number of nitrogens with zero attached hydrogens (tertiary/aromatic N) is 3. The van der Waals surface area contributed by atoms with Crippen LogP contribution in [-0.2, 0) is 6.54 Å². The molecule has 2 rings (SSSR count). The van der Waals surface area contributed by atoms with Gasteiger partial charge < -0.3 is 4.74 Å². The maximum atomic E-state index is 8.99. The minimum absolute atomic E-state index is 0.147. The van der Waals surface area contributed by atoms with E-state index in [1.165, 1.54) is 0 Å². The minimum Gasteiger partial charge on any atom is -0.495 e. The summed E-state index contributed by atoms with van der Waals surface area (Å²) in [5.41, 5.74) is 1.68. The second-order valence-corrected chi connectivity index (χ2v) is 4.85. The number of nitriles is 2. The van der Waals surface area contributed by atoms with Crippen LogP contribution in [0.4, 0.5) is 0 Å². The Hall–Kier alpha value is -2.04. The monoisotopic (exact) mass is 255 g/mol. The van der Waals surface area contributed by atoms with E-state index in [-0.39, 0.29) is 5.92 Å². The van der Waals surface area contributed by atoms with Crippen LogP contribution in [0, 0.1) is 28.6 Å². The number of hydrogen-bond acceptors (Lipinski definition) is 4. The zero-order valence-electron chi connectivity index (χ0n) is 11.1. The second-order valence-electron chi connectivity index (χ2n) is 4.85. The molecule has 0 aromatic heterocycles. The Kier molecular flexibility index (Phi) is 4.39. The van der Waals surface area contributed by atoms with Gasteiger partial charge in [-0.3, -0.25) is 4.90 Å². The van der Waals surface area contributed by atoms with Crippen molar-refractivity contribution in [3.05, 3.63) is 29.3 Å². The van der Waals surface area contributed by atoms with E-state index in [1.54, 1.807) is 13.2 Å². The van der Waals surface area contributed by atoms with Gasteiger partial charge in [0.2, 0.25) is 0 Å². The zero-order valence-corrected chi connectivity index (χ0v) is 11.1. The molecular weight excluding hydrogens is 238 g/mol. The molecule has 1 aliphatic heterocycles. The maximum absolute atomic E-state index is 8.99. The lowest BCUT2D eigenvalue weighted by Gasteiger charge is -2.29. The highest BCUT2D eigenvalue weighted by Gasteiger charge is 2.19. The molecule has 98 valence electrons. The first-order chi connectivity index (χ1) is 9.26. The Bertz CT molecular complexity index is 527. The summed E-state index contributed by atoms with van der Waals surface area (Å²) in [5, 5.41) is 17.9. The van der Waals surface area contributed by atoms with Gasteiger partial charge in [-0.1, -0.05) is 6.07 Å². The average Bonchev–Trinajstić information content (AvgIpc) is 2.47. The third-order valence-electron chi connectivity index (χ3n) is 3.48. The van der Waals surface area contributed by atoms with Crippen LogP contribution in [0.2, 0.25) is 0 Å². The summed E-state index contributed by atoms with van der Waals surface area (Å²) in [7, 11) is 1.58. The van der Waals surface area contributed by atoms with Gasteiger partial charge >= 0.3 is 0 Å². The van der Waals surface area contributed by atoms with Crippen molar-refractivity contribution in [1.29, 1.82) is 10.5 Å². The van der Waals surface area contributed by atoms with Crippen molar-refractivity contribution < 1.29 is 4.74 Å². The summed E-state index contributed by atoms with van der Waals surface area (Å²) in [6, 6.07) is 10.1. The molecule has 1 atom stereocenters. The Morgan fingerprint density at radius 3 is 2.95 bits per heavy atom. The number of benzene rings is 1. The van der Waals surface area contributed by atoms with Crippen LogP contribution in [0.25, 0.3) is 0 Å². The minimum atomic E-state index is 0.147. The fourth-order valence-electron chi connectivity index (χ4n) is 2.49. The van der Waals surface area contributed by atoms with E-state index in [0.717, 1.165) is 38.0 Å². The molecule has 1 saturated heterocycles. The van der Waals surface area contributed by atoms with Gasteiger partial charge in [0.25, 0.3) is 0 Å². The van der Waals surface area contributed by atoms with Crippen molar-refractivity contribution >= 4 is 0 Å². The van der Waals surface area contributed by atoms with Crippen LogP contribution in [-0.4, -0.2) is 25.1 Å². The summed E-state index contributed by atoms with van der Waals surface area (Å²) in [4.78, 5) is 2.29. The van der Waals surface area contributed by atoms with Crippen LogP contribution < -0.4 is 4.74 Å². The largest absolute Gasteiger partial charge is 0.495 e. The van der Waals surface area contributed by atoms with Crippen molar-refractivity contribution in [2.45, 2.75) is 19.4 Å². The lowest BCUT2D eigenvalue weighted by molar-refractivity contribution is 0.192. The molecular formula is C15H17N3O. The molecule has 0 amide bonds. The van der Waals surface area contributed by atoms with Crippen molar-refractivity contribution in [3.63, 3.8) is 0 Å². The molecule has 1 unspecified atom stereocenters. The molecule has 0 N–H and O–H groups in total. The van der Waals surface area contributed by atoms with Gasteiger partial charge in [-0.05, 0) is 37.1 Å². The molecule has 1 fully saturated rings. The van der Waals surface area contributed by atoms with Gasteiger partial charge in [0.05, 0.1) is 24.7 Å². The smallest absolute Gasteiger partial charge is 0.136 e. The van der Waals surface area contributed by atoms with Crippen molar-refractivity contribution in [1.82, 2.24) is 4.90 Å². The van der Waals surface area contributed by atoms with Gasteiger partial charge in [0.15, 0.2) is 0 Å². The van der Waals surface area contributed by atoms with Crippen LogP contribution in [0.3, 0.4) is 0 Å². The lowest BCUT2D eigenvalue weighted by Crippen LogP contribution is -2.34. The van der Waals surface area contributed by atoms with Crippen molar-refractivity contribution in [2.75, 3.05) is 20.2 Å². The summed E-state index contributed by atoms with van der Waals surface area (Å²) in [5.74, 6) is 0.767. The lowest BCUT2D eigenvalue weighted by atomic mass is 9.99. The first kappa shape index (κ1) is 13.4. The van der Waals surface area contributed by atoms with E-state index < -0.39 is 0 Å². The van der Waals surface area contributed by atoms with Crippen LogP contribution in [0.15, 0.2) is 18.2 Å². The number of methoxy groups -OCH3 is 1. The first-order valence-corrected chi connectivity index (χ1v) is 6.46. The summed E-state index contributed by atoms with van der Waals surface area (Å²) >= 11 is 0. The Morgan fingerprint density at radius 2 is 2.26 bits per heavy atom. The fraction of sp³-hybridized carbons (Fsp3) is 0.467. The van der Waals surface area contributed by atoms with E-state index >= 15 is 0 Å². The van der Waals surface area contributed by atoms with E-state index in [9.17, 15) is 0 Å². The first-order valence-electron chi connectivity index (χ1n) is 6.46. The predicted molar refractivity (Wildman–Crippen MR) is 71.3 cm³/mol. The second kappa shape index (κ2) is 6.22. The molecule has 0 spiro atoms. The quantitative estimate of drug-likeness (QED) is 0.831. The Balaban J connectivity index is 2.07. The molecule has 0 saturated carbocycles. The van der Waals surface area contributed by atoms with Gasteiger partial charge in [0, 0.05) is 13.1 Å². The normalized spacial score (nSPS) is 19.4. The van der Waals surface area contributed by atoms with Crippen LogP contribution >= 0.6 is 0 Å². The van der Waals surface area contributed by atoms with E-state index in [0.29, 0.717) is 11.3 Å². The third-order valence-corrected chi connectivity index (χ3v) is 3.48. The number of rotatable bonds is 3. The highest BCUT2D eigenvalue weighted by atomic mass is 16.5. The van der Waals surface area contributed by atoms with E-state index in [2.05, 4.69) is 17.0 Å². The molecule has 1 heterocycles. The standard InChI is InChI=1S/C15H17N3O/c1-19-15-7-12(4-5-14(15)9-17)10-18-6-2-3-13(8-16)11-18/h4-5,7,13H,2-3,6,10-11H2,1H3. The van der Waals surface area contributed by atoms with Crippen LogP contribution in [0.1, 0.15) is 24.0 Å². The topological polar surface area (TPSA) is 60.0 Å². The third kappa shape index (κ3) is 3.24. The number of likely N-dealkylation sites (tertiary alicyclic amines) is 1. The molecule has 0 radical (unpaired) electrons. The average molecular weight is 255 g/mol. The molecule has 19 heavy (non-hydrogen) atoms. The van der Waals surface area contributed by atoms with E-state index in [4.69, 9.17) is 15.3 Å². The molecule has 4 nitrogen and oxygen atoms in total. The van der Waals surface area contributed by atoms with Crippen LogP contribution in [0.5, 0.6) is 5.75 Å².